The number of unbranched alkanes of at least 4 members (excludes halogenated alkanes) is 2. The minimum atomic E-state index is -0.351. The minimum absolute atomic E-state index is 0.0145. The molecule has 5 heteroatoms. The van der Waals surface area contributed by atoms with Crippen LogP contribution in [0.2, 0.25) is 0 Å². The zero-order valence-electron chi connectivity index (χ0n) is 13.1. The van der Waals surface area contributed by atoms with Crippen molar-refractivity contribution < 1.29 is 14.3 Å². The van der Waals surface area contributed by atoms with Gasteiger partial charge in [0.25, 0.3) is 0 Å². The van der Waals surface area contributed by atoms with Crippen LogP contribution in [0, 0.1) is 0 Å². The molecular weight excluding hydrogens is 280 g/mol. The number of anilines is 1. The van der Waals surface area contributed by atoms with Crippen LogP contribution in [0.5, 0.6) is 0 Å². The highest BCUT2D eigenvalue weighted by atomic mass is 16.5. The van der Waals surface area contributed by atoms with Gasteiger partial charge in [-0.2, -0.15) is 0 Å². The molecule has 0 fully saturated rings. The normalized spacial score (nSPS) is 10.0. The maximum atomic E-state index is 11.7. The van der Waals surface area contributed by atoms with E-state index in [1.54, 1.807) is 19.1 Å². The van der Waals surface area contributed by atoms with Gasteiger partial charge in [0, 0.05) is 17.8 Å². The van der Waals surface area contributed by atoms with Gasteiger partial charge in [-0.25, -0.2) is 4.79 Å². The molecule has 0 saturated heterocycles. The van der Waals surface area contributed by atoms with E-state index in [1.165, 1.54) is 0 Å². The fourth-order valence-corrected chi connectivity index (χ4v) is 1.87. The van der Waals surface area contributed by atoms with Gasteiger partial charge in [0.2, 0.25) is 5.91 Å². The Balaban J connectivity index is 2.06. The topological polar surface area (TPSA) is 81.4 Å². The number of nitrogens with one attached hydrogen (secondary N) is 1. The van der Waals surface area contributed by atoms with E-state index in [0.717, 1.165) is 24.8 Å². The Labute approximate surface area is 131 Å². The first-order chi connectivity index (χ1) is 10.5. The molecule has 0 aliphatic rings. The van der Waals surface area contributed by atoms with E-state index < -0.39 is 0 Å². The number of rotatable bonds is 9. The second-order valence-corrected chi connectivity index (χ2v) is 5.25. The monoisotopic (exact) mass is 304 g/mol. The van der Waals surface area contributed by atoms with Crippen molar-refractivity contribution in [3.05, 3.63) is 42.0 Å². The molecule has 5 nitrogen and oxygen atoms in total. The number of carbonyl (C=O) groups excluding carboxylic acids is 2. The van der Waals surface area contributed by atoms with Crippen LogP contribution >= 0.6 is 0 Å². The van der Waals surface area contributed by atoms with Crippen molar-refractivity contribution in [2.75, 3.05) is 18.9 Å². The molecule has 0 saturated carbocycles. The third-order valence-corrected chi connectivity index (χ3v) is 3.04. The molecule has 0 bridgehead atoms. The predicted octanol–water partition coefficient (Wildman–Crippen LogP) is 2.22. The van der Waals surface area contributed by atoms with Gasteiger partial charge < -0.3 is 15.8 Å². The lowest BCUT2D eigenvalue weighted by molar-refractivity contribution is -0.139. The molecule has 3 N–H and O–H groups in total. The number of esters is 1. The molecule has 120 valence electrons. The highest BCUT2D eigenvalue weighted by molar-refractivity contribution is 5.86. The highest BCUT2D eigenvalue weighted by Gasteiger charge is 2.04. The van der Waals surface area contributed by atoms with Crippen molar-refractivity contribution in [1.29, 1.82) is 0 Å². The van der Waals surface area contributed by atoms with E-state index in [0.29, 0.717) is 30.8 Å². The van der Waals surface area contributed by atoms with E-state index in [4.69, 9.17) is 10.5 Å². The van der Waals surface area contributed by atoms with Crippen molar-refractivity contribution in [1.82, 2.24) is 5.32 Å². The molecule has 22 heavy (non-hydrogen) atoms. The molecule has 0 unspecified atom stereocenters. The van der Waals surface area contributed by atoms with Gasteiger partial charge >= 0.3 is 5.97 Å². The Morgan fingerprint density at radius 3 is 2.73 bits per heavy atom. The Hall–Kier alpha value is -2.30. The van der Waals surface area contributed by atoms with Crippen LogP contribution in [0.3, 0.4) is 0 Å². The maximum absolute atomic E-state index is 11.7. The fraction of sp³-hybridized carbons (Fsp3) is 0.412. The molecule has 0 heterocycles. The zero-order chi connectivity index (χ0) is 16.4. The SMILES string of the molecule is C=C(C)C(=O)OCCCCCNC(=O)Cc1cccc(N)c1. The summed E-state index contributed by atoms with van der Waals surface area (Å²) in [4.78, 5) is 22.9. The molecule has 1 amide bonds. The Morgan fingerprint density at radius 1 is 1.27 bits per heavy atom. The number of hydrogen-bond acceptors (Lipinski definition) is 4. The Bertz CT molecular complexity index is 526. The number of hydrogen-bond donors (Lipinski definition) is 2. The number of carbonyl (C=O) groups is 2. The van der Waals surface area contributed by atoms with Gasteiger partial charge in [-0.3, -0.25) is 4.79 Å². The zero-order valence-corrected chi connectivity index (χ0v) is 13.1. The molecule has 1 aromatic carbocycles. The van der Waals surface area contributed by atoms with E-state index >= 15 is 0 Å². The molecular formula is C17H24N2O3. The fourth-order valence-electron chi connectivity index (χ4n) is 1.87. The summed E-state index contributed by atoms with van der Waals surface area (Å²) in [5.74, 6) is -0.366. The second kappa shape index (κ2) is 9.60. The smallest absolute Gasteiger partial charge is 0.333 e. The van der Waals surface area contributed by atoms with Gasteiger partial charge in [-0.1, -0.05) is 18.7 Å². The van der Waals surface area contributed by atoms with E-state index in [2.05, 4.69) is 11.9 Å². The lowest BCUT2D eigenvalue weighted by Crippen LogP contribution is -2.26. The third kappa shape index (κ3) is 7.47. The maximum Gasteiger partial charge on any atom is 0.333 e. The van der Waals surface area contributed by atoms with Gasteiger partial charge in [0.15, 0.2) is 0 Å². The van der Waals surface area contributed by atoms with Gasteiger partial charge in [0.05, 0.1) is 13.0 Å². The molecule has 0 aliphatic heterocycles. The predicted molar refractivity (Wildman–Crippen MR) is 87.2 cm³/mol. The van der Waals surface area contributed by atoms with Crippen LogP contribution in [0.15, 0.2) is 36.4 Å². The molecule has 0 spiro atoms. The summed E-state index contributed by atoms with van der Waals surface area (Å²) < 4.78 is 4.98. The summed E-state index contributed by atoms with van der Waals surface area (Å²) in [5.41, 5.74) is 7.65. The minimum Gasteiger partial charge on any atom is -0.462 e. The largest absolute Gasteiger partial charge is 0.462 e. The summed E-state index contributed by atoms with van der Waals surface area (Å²) in [6.45, 7) is 6.15. The molecule has 0 aliphatic carbocycles. The number of amides is 1. The van der Waals surface area contributed by atoms with Crippen molar-refractivity contribution in [2.45, 2.75) is 32.6 Å². The molecule has 0 radical (unpaired) electrons. The first-order valence-corrected chi connectivity index (χ1v) is 7.43. The molecule has 0 atom stereocenters. The van der Waals surface area contributed by atoms with Crippen LogP contribution in [-0.4, -0.2) is 25.0 Å². The van der Waals surface area contributed by atoms with Crippen LogP contribution in [-0.2, 0) is 20.7 Å². The van der Waals surface area contributed by atoms with Crippen LogP contribution < -0.4 is 11.1 Å². The summed E-state index contributed by atoms with van der Waals surface area (Å²) >= 11 is 0. The lowest BCUT2D eigenvalue weighted by atomic mass is 10.1. The highest BCUT2D eigenvalue weighted by Crippen LogP contribution is 2.07. The molecule has 1 aromatic rings. The van der Waals surface area contributed by atoms with Crippen LogP contribution in [0.4, 0.5) is 5.69 Å². The van der Waals surface area contributed by atoms with Gasteiger partial charge in [-0.15, -0.1) is 0 Å². The van der Waals surface area contributed by atoms with Crippen LogP contribution in [0.1, 0.15) is 31.7 Å². The number of ether oxygens (including phenoxy) is 1. The molecule has 1 rings (SSSR count). The van der Waals surface area contributed by atoms with Crippen molar-refractivity contribution in [3.63, 3.8) is 0 Å². The summed E-state index contributed by atoms with van der Waals surface area (Å²) in [5, 5.41) is 2.87. The van der Waals surface area contributed by atoms with E-state index in [-0.39, 0.29) is 11.9 Å². The average Bonchev–Trinajstić information content (AvgIpc) is 2.45. The van der Waals surface area contributed by atoms with Crippen LogP contribution in [0.25, 0.3) is 0 Å². The lowest BCUT2D eigenvalue weighted by Gasteiger charge is -2.06. The van der Waals surface area contributed by atoms with Crippen molar-refractivity contribution in [2.24, 2.45) is 0 Å². The van der Waals surface area contributed by atoms with Crippen molar-refractivity contribution >= 4 is 17.6 Å². The quantitative estimate of drug-likeness (QED) is 0.317. The van der Waals surface area contributed by atoms with Crippen molar-refractivity contribution in [3.8, 4) is 0 Å². The number of benzene rings is 1. The van der Waals surface area contributed by atoms with Gasteiger partial charge in [-0.05, 0) is 43.9 Å². The first-order valence-electron chi connectivity index (χ1n) is 7.43. The Kier molecular flexibility index (Phi) is 7.75. The Morgan fingerprint density at radius 2 is 2.05 bits per heavy atom. The number of nitrogens with two attached hydrogens (primary N) is 1. The standard InChI is InChI=1S/C17H24N2O3/c1-13(2)17(21)22-10-5-3-4-9-19-16(20)12-14-7-6-8-15(18)11-14/h6-8,11H,1,3-5,9-10,12,18H2,2H3,(H,19,20). The average molecular weight is 304 g/mol. The third-order valence-electron chi connectivity index (χ3n) is 3.04. The second-order valence-electron chi connectivity index (χ2n) is 5.25. The summed E-state index contributed by atoms with van der Waals surface area (Å²) in [6.07, 6.45) is 2.86. The number of nitrogen functional groups attached to an aromatic ring is 1. The van der Waals surface area contributed by atoms with E-state index in [1.807, 2.05) is 12.1 Å². The summed E-state index contributed by atoms with van der Waals surface area (Å²) in [6, 6.07) is 7.31. The van der Waals surface area contributed by atoms with E-state index in [9.17, 15) is 9.59 Å². The molecule has 0 aromatic heterocycles. The van der Waals surface area contributed by atoms with Gasteiger partial charge in [0.1, 0.15) is 0 Å². The summed E-state index contributed by atoms with van der Waals surface area (Å²) in [7, 11) is 0. The first kappa shape index (κ1) is 17.8.